The van der Waals surface area contributed by atoms with E-state index < -0.39 is 11.7 Å². The molecule has 1 fully saturated rings. The number of carbonyl (C=O) groups excluding carboxylic acids is 2. The molecule has 9 heteroatoms. The van der Waals surface area contributed by atoms with Crippen molar-refractivity contribution in [3.05, 3.63) is 29.8 Å². The van der Waals surface area contributed by atoms with E-state index in [2.05, 4.69) is 26.3 Å². The minimum Gasteiger partial charge on any atom is -0.444 e. The van der Waals surface area contributed by atoms with E-state index >= 15 is 0 Å². The number of nitrogens with one attached hydrogen (secondary N) is 4. The third kappa shape index (κ3) is 9.69. The first-order valence-corrected chi connectivity index (χ1v) is 10.8. The molecule has 4 N–H and O–H groups in total. The van der Waals surface area contributed by atoms with Gasteiger partial charge in [-0.05, 0) is 58.2 Å². The Morgan fingerprint density at radius 3 is 2.65 bits per heavy atom. The molecule has 0 radical (unpaired) electrons. The number of amides is 2. The largest absolute Gasteiger partial charge is 0.444 e. The lowest BCUT2D eigenvalue weighted by Crippen LogP contribution is -2.42. The van der Waals surface area contributed by atoms with Crippen molar-refractivity contribution >= 4 is 23.6 Å². The van der Waals surface area contributed by atoms with Gasteiger partial charge in [-0.2, -0.15) is 0 Å². The first-order valence-electron chi connectivity index (χ1n) is 10.8. The zero-order chi connectivity index (χ0) is 22.7. The lowest BCUT2D eigenvalue weighted by Gasteiger charge is -2.19. The van der Waals surface area contributed by atoms with Crippen molar-refractivity contribution in [1.82, 2.24) is 16.0 Å². The molecule has 0 aromatic heterocycles. The smallest absolute Gasteiger partial charge is 0.407 e. The van der Waals surface area contributed by atoms with Crippen molar-refractivity contribution in [3.8, 4) is 0 Å². The molecule has 1 unspecified atom stereocenters. The second kappa shape index (κ2) is 12.1. The van der Waals surface area contributed by atoms with Crippen LogP contribution in [0.2, 0.25) is 0 Å². The van der Waals surface area contributed by atoms with Crippen LogP contribution in [0, 0.1) is 0 Å². The van der Waals surface area contributed by atoms with Crippen LogP contribution in [-0.2, 0) is 20.8 Å². The molecule has 1 aromatic carbocycles. The Bertz CT molecular complexity index is 755. The SMILES string of the molecule is CCNC(=NCc1cccc(NC(=O)C2CCCO2)c1)NCCNC(=O)OC(C)(C)C. The van der Waals surface area contributed by atoms with Gasteiger partial charge in [-0.25, -0.2) is 9.79 Å². The molecule has 31 heavy (non-hydrogen) atoms. The van der Waals surface area contributed by atoms with Crippen LogP contribution in [0.5, 0.6) is 0 Å². The summed E-state index contributed by atoms with van der Waals surface area (Å²) in [5, 5.41) is 12.0. The Morgan fingerprint density at radius 1 is 1.19 bits per heavy atom. The quantitative estimate of drug-likeness (QED) is 0.284. The van der Waals surface area contributed by atoms with Crippen LogP contribution in [0.25, 0.3) is 0 Å². The molecule has 2 rings (SSSR count). The van der Waals surface area contributed by atoms with E-state index in [0.29, 0.717) is 38.7 Å². The second-order valence-corrected chi connectivity index (χ2v) is 8.24. The minimum atomic E-state index is -0.522. The monoisotopic (exact) mass is 433 g/mol. The van der Waals surface area contributed by atoms with Gasteiger partial charge in [0.2, 0.25) is 0 Å². The summed E-state index contributed by atoms with van der Waals surface area (Å²) in [6, 6.07) is 7.61. The zero-order valence-electron chi connectivity index (χ0n) is 18.9. The van der Waals surface area contributed by atoms with Gasteiger partial charge >= 0.3 is 6.09 Å². The summed E-state index contributed by atoms with van der Waals surface area (Å²) in [6.07, 6.45) is 0.870. The number of alkyl carbamates (subject to hydrolysis) is 1. The Labute approximate surface area is 184 Å². The number of aliphatic imine (C=N–C) groups is 1. The minimum absolute atomic E-state index is 0.106. The van der Waals surface area contributed by atoms with E-state index in [4.69, 9.17) is 9.47 Å². The summed E-state index contributed by atoms with van der Waals surface area (Å²) in [4.78, 5) is 28.5. The molecule has 0 saturated carbocycles. The molecule has 0 bridgehead atoms. The molecule has 1 heterocycles. The third-order valence-corrected chi connectivity index (χ3v) is 4.27. The van der Waals surface area contributed by atoms with E-state index in [0.717, 1.165) is 24.1 Å². The van der Waals surface area contributed by atoms with E-state index in [1.165, 1.54) is 0 Å². The molecular formula is C22H35N5O4. The first-order chi connectivity index (χ1) is 14.8. The number of anilines is 1. The van der Waals surface area contributed by atoms with Gasteiger partial charge in [0, 0.05) is 31.9 Å². The molecule has 1 atom stereocenters. The Kier molecular flexibility index (Phi) is 9.58. The molecule has 172 valence electrons. The average Bonchev–Trinajstić information content (AvgIpc) is 3.23. The average molecular weight is 434 g/mol. The van der Waals surface area contributed by atoms with Crippen LogP contribution < -0.4 is 21.3 Å². The van der Waals surface area contributed by atoms with Gasteiger partial charge in [0.15, 0.2) is 5.96 Å². The van der Waals surface area contributed by atoms with Crippen molar-refractivity contribution in [1.29, 1.82) is 0 Å². The number of hydrogen-bond acceptors (Lipinski definition) is 5. The molecule has 1 aromatic rings. The van der Waals surface area contributed by atoms with Crippen molar-refractivity contribution < 1.29 is 19.1 Å². The fraction of sp³-hybridized carbons (Fsp3) is 0.591. The zero-order valence-corrected chi connectivity index (χ0v) is 18.9. The number of guanidine groups is 1. The first kappa shape index (κ1) is 24.5. The molecular weight excluding hydrogens is 398 g/mol. The van der Waals surface area contributed by atoms with Gasteiger partial charge in [-0.1, -0.05) is 12.1 Å². The second-order valence-electron chi connectivity index (χ2n) is 8.24. The van der Waals surface area contributed by atoms with Crippen molar-refractivity contribution in [3.63, 3.8) is 0 Å². The summed E-state index contributed by atoms with van der Waals surface area (Å²) in [5.41, 5.74) is 1.17. The summed E-state index contributed by atoms with van der Waals surface area (Å²) in [5.74, 6) is 0.535. The van der Waals surface area contributed by atoms with Crippen molar-refractivity contribution in [2.45, 2.75) is 58.8 Å². The fourth-order valence-corrected chi connectivity index (χ4v) is 2.93. The Morgan fingerprint density at radius 2 is 1.97 bits per heavy atom. The lowest BCUT2D eigenvalue weighted by molar-refractivity contribution is -0.124. The van der Waals surface area contributed by atoms with Gasteiger partial charge in [0.1, 0.15) is 11.7 Å². The Hall–Kier alpha value is -2.81. The molecule has 0 aliphatic carbocycles. The van der Waals surface area contributed by atoms with Crippen molar-refractivity contribution in [2.75, 3.05) is 31.6 Å². The number of ether oxygens (including phenoxy) is 2. The van der Waals surface area contributed by atoms with Crippen molar-refractivity contribution in [2.24, 2.45) is 4.99 Å². The molecule has 1 aliphatic heterocycles. The third-order valence-electron chi connectivity index (χ3n) is 4.27. The highest BCUT2D eigenvalue weighted by molar-refractivity contribution is 5.94. The van der Waals surface area contributed by atoms with Gasteiger partial charge in [-0.15, -0.1) is 0 Å². The van der Waals surface area contributed by atoms with Crippen LogP contribution >= 0.6 is 0 Å². The highest BCUT2D eigenvalue weighted by atomic mass is 16.6. The molecule has 2 amide bonds. The maximum Gasteiger partial charge on any atom is 0.407 e. The summed E-state index contributed by atoms with van der Waals surface area (Å²) >= 11 is 0. The Balaban J connectivity index is 1.82. The lowest BCUT2D eigenvalue weighted by atomic mass is 10.2. The number of nitrogens with zero attached hydrogens (tertiary/aromatic N) is 1. The summed E-state index contributed by atoms with van der Waals surface area (Å²) in [6.45, 7) is 10.2. The predicted octanol–water partition coefficient (Wildman–Crippen LogP) is 2.38. The predicted molar refractivity (Wildman–Crippen MR) is 121 cm³/mol. The molecule has 1 aliphatic rings. The molecule has 9 nitrogen and oxygen atoms in total. The van der Waals surface area contributed by atoms with Crippen LogP contribution in [-0.4, -0.2) is 55.9 Å². The van der Waals surface area contributed by atoms with E-state index in [9.17, 15) is 9.59 Å². The normalized spacial score (nSPS) is 16.5. The summed E-state index contributed by atoms with van der Waals surface area (Å²) in [7, 11) is 0. The molecule has 0 spiro atoms. The van der Waals surface area contributed by atoms with Crippen LogP contribution in [0.15, 0.2) is 29.3 Å². The number of hydrogen-bond donors (Lipinski definition) is 4. The van der Waals surface area contributed by atoms with Gasteiger partial charge in [0.05, 0.1) is 6.54 Å². The maximum absolute atomic E-state index is 12.2. The summed E-state index contributed by atoms with van der Waals surface area (Å²) < 4.78 is 10.6. The fourth-order valence-electron chi connectivity index (χ4n) is 2.93. The van der Waals surface area contributed by atoms with E-state index in [1.807, 2.05) is 52.0 Å². The number of carbonyl (C=O) groups is 2. The van der Waals surface area contributed by atoms with E-state index in [-0.39, 0.29) is 12.0 Å². The topological polar surface area (TPSA) is 113 Å². The van der Waals surface area contributed by atoms with Crippen LogP contribution in [0.4, 0.5) is 10.5 Å². The van der Waals surface area contributed by atoms with Gasteiger partial charge < -0.3 is 30.7 Å². The van der Waals surface area contributed by atoms with Gasteiger partial charge in [-0.3, -0.25) is 4.79 Å². The number of benzene rings is 1. The highest BCUT2D eigenvalue weighted by Crippen LogP contribution is 2.16. The highest BCUT2D eigenvalue weighted by Gasteiger charge is 2.23. The molecule has 1 saturated heterocycles. The van der Waals surface area contributed by atoms with Crippen LogP contribution in [0.3, 0.4) is 0 Å². The van der Waals surface area contributed by atoms with E-state index in [1.54, 1.807) is 0 Å². The van der Waals surface area contributed by atoms with Crippen LogP contribution in [0.1, 0.15) is 46.1 Å². The standard InChI is InChI=1S/C22H35N5O4/c1-5-23-20(24-11-12-25-21(29)31-22(2,3)4)26-15-16-8-6-9-17(14-16)27-19(28)18-10-7-13-30-18/h6,8-9,14,18H,5,7,10-13,15H2,1-4H3,(H,25,29)(H,27,28)(H2,23,24,26). The maximum atomic E-state index is 12.2. The van der Waals surface area contributed by atoms with Gasteiger partial charge in [0.25, 0.3) is 5.91 Å². The number of rotatable bonds is 8.